The van der Waals surface area contributed by atoms with Crippen LogP contribution in [0.15, 0.2) is 45.3 Å². The number of unbranched alkanes of at least 4 members (excludes halogenated alkanes) is 2. The molecular weight excluding hydrogens is 464 g/mol. The first kappa shape index (κ1) is 21.8. The molecule has 0 fully saturated rings. The van der Waals surface area contributed by atoms with Crippen LogP contribution in [0.1, 0.15) is 61.8 Å². The van der Waals surface area contributed by atoms with Gasteiger partial charge >= 0.3 is 0 Å². The van der Waals surface area contributed by atoms with E-state index in [0.29, 0.717) is 13.2 Å². The fourth-order valence-corrected chi connectivity index (χ4v) is 3.14. The zero-order valence-corrected chi connectivity index (χ0v) is 19.0. The second-order valence-electron chi connectivity index (χ2n) is 6.20. The molecule has 0 radical (unpaired) electrons. The Bertz CT molecular complexity index is 805. The van der Waals surface area contributed by atoms with Crippen molar-refractivity contribution in [3.63, 3.8) is 0 Å². The Labute approximate surface area is 180 Å². The lowest BCUT2D eigenvalue weighted by atomic mass is 10.1. The molecule has 0 aliphatic rings. The number of halogens is 2. The highest BCUT2D eigenvalue weighted by Crippen LogP contribution is 2.20. The highest BCUT2D eigenvalue weighted by atomic mass is 79.9. The molecule has 0 spiro atoms. The van der Waals surface area contributed by atoms with Gasteiger partial charge in [-0.3, -0.25) is 0 Å². The van der Waals surface area contributed by atoms with Crippen molar-refractivity contribution in [2.24, 2.45) is 0 Å². The van der Waals surface area contributed by atoms with E-state index in [4.69, 9.17) is 4.74 Å². The standard InChI is InChI=1S/C24H24Br2O/c1-3-5-7-9-19-15-23(25)13-11-21(19)17-27-18-22-12-14-24(26)16-20(22)10-8-6-4-2/h11-16H,3-6,17-18H2,1-2H3. The Morgan fingerprint density at radius 1 is 0.741 bits per heavy atom. The van der Waals surface area contributed by atoms with Gasteiger partial charge in [0, 0.05) is 32.9 Å². The van der Waals surface area contributed by atoms with Crippen molar-refractivity contribution < 1.29 is 4.74 Å². The van der Waals surface area contributed by atoms with Crippen LogP contribution in [0, 0.1) is 23.7 Å². The van der Waals surface area contributed by atoms with E-state index in [1.54, 1.807) is 0 Å². The van der Waals surface area contributed by atoms with E-state index in [0.717, 1.165) is 56.9 Å². The van der Waals surface area contributed by atoms with Gasteiger partial charge in [-0.2, -0.15) is 0 Å². The van der Waals surface area contributed by atoms with E-state index in [-0.39, 0.29) is 0 Å². The molecule has 0 unspecified atom stereocenters. The average molecular weight is 488 g/mol. The SMILES string of the molecule is CCCC#Cc1cc(Br)ccc1COCc1ccc(Br)cc1C#CCCC. The third kappa shape index (κ3) is 7.55. The van der Waals surface area contributed by atoms with Crippen molar-refractivity contribution in [1.29, 1.82) is 0 Å². The highest BCUT2D eigenvalue weighted by Gasteiger charge is 2.05. The summed E-state index contributed by atoms with van der Waals surface area (Å²) in [7, 11) is 0. The summed E-state index contributed by atoms with van der Waals surface area (Å²) < 4.78 is 8.08. The van der Waals surface area contributed by atoms with E-state index in [9.17, 15) is 0 Å². The quantitative estimate of drug-likeness (QED) is 0.390. The second-order valence-corrected chi connectivity index (χ2v) is 8.03. The number of hydrogen-bond acceptors (Lipinski definition) is 1. The summed E-state index contributed by atoms with van der Waals surface area (Å²) >= 11 is 7.06. The van der Waals surface area contributed by atoms with Gasteiger partial charge in [0.1, 0.15) is 0 Å². The summed E-state index contributed by atoms with van der Waals surface area (Å²) in [4.78, 5) is 0. The first-order valence-corrected chi connectivity index (χ1v) is 10.8. The van der Waals surface area contributed by atoms with Gasteiger partial charge in [0.05, 0.1) is 13.2 Å². The van der Waals surface area contributed by atoms with E-state index >= 15 is 0 Å². The molecule has 0 atom stereocenters. The average Bonchev–Trinajstić information content (AvgIpc) is 2.65. The monoisotopic (exact) mass is 486 g/mol. The number of rotatable bonds is 6. The minimum Gasteiger partial charge on any atom is -0.372 e. The van der Waals surface area contributed by atoms with Crippen LogP contribution in [-0.4, -0.2) is 0 Å². The topological polar surface area (TPSA) is 9.23 Å². The maximum Gasteiger partial charge on any atom is 0.0733 e. The van der Waals surface area contributed by atoms with E-state index in [1.165, 1.54) is 0 Å². The van der Waals surface area contributed by atoms with Crippen molar-refractivity contribution in [3.05, 3.63) is 67.6 Å². The molecule has 2 rings (SSSR count). The molecule has 0 amide bonds. The molecule has 0 aliphatic carbocycles. The van der Waals surface area contributed by atoms with Crippen LogP contribution in [0.2, 0.25) is 0 Å². The van der Waals surface area contributed by atoms with E-state index in [2.05, 4.69) is 93.7 Å². The molecule has 3 heteroatoms. The molecule has 2 aromatic rings. The van der Waals surface area contributed by atoms with E-state index in [1.807, 2.05) is 12.1 Å². The lowest BCUT2D eigenvalue weighted by Gasteiger charge is -2.09. The van der Waals surface area contributed by atoms with Crippen molar-refractivity contribution in [2.75, 3.05) is 0 Å². The Morgan fingerprint density at radius 3 is 1.59 bits per heavy atom. The van der Waals surface area contributed by atoms with Crippen LogP contribution < -0.4 is 0 Å². The smallest absolute Gasteiger partial charge is 0.0733 e. The molecule has 140 valence electrons. The van der Waals surface area contributed by atoms with Crippen LogP contribution >= 0.6 is 31.9 Å². The van der Waals surface area contributed by atoms with Gasteiger partial charge in [-0.25, -0.2) is 0 Å². The summed E-state index contributed by atoms with van der Waals surface area (Å²) in [6, 6.07) is 12.3. The predicted octanol–water partition coefficient (Wildman–Crippen LogP) is 7.23. The summed E-state index contributed by atoms with van der Waals surface area (Å²) in [6.45, 7) is 5.33. The molecule has 0 saturated heterocycles. The maximum absolute atomic E-state index is 6.01. The van der Waals surface area contributed by atoms with Crippen LogP contribution in [0.5, 0.6) is 0 Å². The molecule has 0 heterocycles. The summed E-state index contributed by atoms with van der Waals surface area (Å²) in [5.74, 6) is 13.0. The fourth-order valence-electron chi connectivity index (χ4n) is 2.42. The third-order valence-corrected chi connectivity index (χ3v) is 4.84. The van der Waals surface area contributed by atoms with Gasteiger partial charge in [0.2, 0.25) is 0 Å². The third-order valence-electron chi connectivity index (χ3n) is 3.86. The van der Waals surface area contributed by atoms with Crippen LogP contribution in [0.3, 0.4) is 0 Å². The van der Waals surface area contributed by atoms with Crippen molar-refractivity contribution in [1.82, 2.24) is 0 Å². The highest BCUT2D eigenvalue weighted by molar-refractivity contribution is 9.10. The van der Waals surface area contributed by atoms with Crippen molar-refractivity contribution in [3.8, 4) is 23.7 Å². The molecule has 0 bridgehead atoms. The second kappa shape index (κ2) is 12.0. The summed E-state index contributed by atoms with van der Waals surface area (Å²) in [6.07, 6.45) is 3.95. The lowest BCUT2D eigenvalue weighted by molar-refractivity contribution is 0.107. The van der Waals surface area contributed by atoms with Crippen LogP contribution in [0.25, 0.3) is 0 Å². The minimum atomic E-state index is 0.529. The van der Waals surface area contributed by atoms with Gasteiger partial charge in [-0.1, -0.05) is 81.5 Å². The van der Waals surface area contributed by atoms with Gasteiger partial charge in [-0.05, 0) is 48.2 Å². The zero-order chi connectivity index (χ0) is 19.5. The Hall–Kier alpha value is -1.52. The minimum absolute atomic E-state index is 0.529. The molecule has 0 saturated carbocycles. The normalized spacial score (nSPS) is 9.93. The van der Waals surface area contributed by atoms with E-state index < -0.39 is 0 Å². The zero-order valence-electron chi connectivity index (χ0n) is 15.9. The molecule has 2 aromatic carbocycles. The predicted molar refractivity (Wildman–Crippen MR) is 120 cm³/mol. The Kier molecular flexibility index (Phi) is 9.71. The fraction of sp³-hybridized carbons (Fsp3) is 0.333. The Morgan fingerprint density at radius 2 is 1.19 bits per heavy atom. The molecule has 1 nitrogen and oxygen atoms in total. The summed E-state index contributed by atoms with van der Waals surface area (Å²) in [5.41, 5.74) is 4.27. The molecule has 27 heavy (non-hydrogen) atoms. The lowest BCUT2D eigenvalue weighted by Crippen LogP contribution is -1.99. The van der Waals surface area contributed by atoms with Gasteiger partial charge < -0.3 is 4.74 Å². The first-order valence-electron chi connectivity index (χ1n) is 9.26. The molecule has 0 N–H and O–H groups in total. The van der Waals surface area contributed by atoms with Crippen LogP contribution in [-0.2, 0) is 18.0 Å². The number of ether oxygens (including phenoxy) is 1. The molecule has 0 aromatic heterocycles. The Balaban J connectivity index is 2.09. The largest absolute Gasteiger partial charge is 0.372 e. The summed E-state index contributed by atoms with van der Waals surface area (Å²) in [5, 5.41) is 0. The number of benzene rings is 2. The van der Waals surface area contributed by atoms with Crippen molar-refractivity contribution >= 4 is 31.9 Å². The van der Waals surface area contributed by atoms with Gasteiger partial charge in [0.25, 0.3) is 0 Å². The maximum atomic E-state index is 6.01. The number of hydrogen-bond donors (Lipinski definition) is 0. The van der Waals surface area contributed by atoms with Gasteiger partial charge in [0.15, 0.2) is 0 Å². The molecule has 0 aliphatic heterocycles. The van der Waals surface area contributed by atoms with Crippen molar-refractivity contribution in [2.45, 2.75) is 52.7 Å². The van der Waals surface area contributed by atoms with Crippen LogP contribution in [0.4, 0.5) is 0 Å². The van der Waals surface area contributed by atoms with Gasteiger partial charge in [-0.15, -0.1) is 0 Å². The first-order chi connectivity index (χ1) is 13.1. The molecular formula is C24H24Br2O.